The van der Waals surface area contributed by atoms with Gasteiger partial charge in [0, 0.05) is 0 Å². The molecule has 126 valence electrons. The Balaban J connectivity index is 0.00000192. The molecule has 0 aromatic carbocycles. The van der Waals surface area contributed by atoms with Crippen LogP contribution in [0.2, 0.25) is 4.22 Å². The van der Waals surface area contributed by atoms with Gasteiger partial charge in [0.25, 0.3) is 0 Å². The number of hydrogen-bond donors (Lipinski definition) is 0. The third kappa shape index (κ3) is 3.92. The summed E-state index contributed by atoms with van der Waals surface area (Å²) in [6, 6.07) is 0. The fraction of sp³-hybridized carbons (Fsp3) is 0.647. The zero-order valence-corrected chi connectivity index (χ0v) is 16.1. The third-order valence-corrected chi connectivity index (χ3v) is 8.16. The second-order valence-corrected chi connectivity index (χ2v) is 8.90. The minimum Gasteiger partial charge on any atom is -1.00 e. The molecule has 3 rings (SSSR count). The van der Waals surface area contributed by atoms with Crippen LogP contribution in [-0.4, -0.2) is 11.9 Å². The van der Waals surface area contributed by atoms with Gasteiger partial charge in [-0.2, -0.15) is 0 Å². The number of rotatable bonds is 3. The van der Waals surface area contributed by atoms with Crippen molar-refractivity contribution in [1.82, 2.24) is 0 Å². The molecule has 0 unspecified atom stereocenters. The summed E-state index contributed by atoms with van der Waals surface area (Å²) in [7, 11) is 0. The molecule has 0 saturated carbocycles. The molecule has 0 atom stereocenters. The number of halogens is 1. The first kappa shape index (κ1) is 18.8. The molecular weight excluding hydrogens is 352 g/mol. The van der Waals surface area contributed by atoms with E-state index in [1.165, 1.54) is 61.8 Å². The van der Waals surface area contributed by atoms with Crippen molar-refractivity contribution in [1.29, 1.82) is 0 Å². The molecule has 0 amide bonds. The minimum atomic E-state index is -2.73. The van der Waals surface area contributed by atoms with E-state index in [9.17, 15) is 9.59 Å². The van der Waals surface area contributed by atoms with Crippen molar-refractivity contribution in [3.05, 3.63) is 22.3 Å². The fourth-order valence-corrected chi connectivity index (χ4v) is 7.30. The maximum Gasteiger partial charge on any atom is -1.00 e. The Morgan fingerprint density at radius 3 is 1.61 bits per heavy atom. The first-order valence-electron chi connectivity index (χ1n) is 8.25. The number of carbonyl (C=O) groups is 2. The third-order valence-electron chi connectivity index (χ3n) is 4.81. The van der Waals surface area contributed by atoms with Gasteiger partial charge in [0.2, 0.25) is 0 Å². The predicted octanol–water partition coefficient (Wildman–Crippen LogP) is 1.11. The Labute approximate surface area is 150 Å². The van der Waals surface area contributed by atoms with E-state index in [0.29, 0.717) is 0 Å². The first-order valence-corrected chi connectivity index (χ1v) is 10.4. The van der Waals surface area contributed by atoms with Gasteiger partial charge in [-0.15, -0.1) is 0 Å². The molecule has 0 aliphatic heterocycles. The Kier molecular flexibility index (Phi) is 6.52. The van der Waals surface area contributed by atoms with Crippen molar-refractivity contribution in [3.63, 3.8) is 0 Å². The van der Waals surface area contributed by atoms with Crippen molar-refractivity contribution in [2.24, 2.45) is 0 Å². The molecule has 0 N–H and O–H groups in total. The summed E-state index contributed by atoms with van der Waals surface area (Å²) in [4.78, 5) is 23.0. The maximum absolute atomic E-state index is 11.5. The van der Waals surface area contributed by atoms with Crippen LogP contribution >= 0.6 is 0 Å². The van der Waals surface area contributed by atoms with Gasteiger partial charge in [-0.05, 0) is 0 Å². The van der Waals surface area contributed by atoms with Crippen molar-refractivity contribution in [2.75, 3.05) is 0 Å². The van der Waals surface area contributed by atoms with Crippen LogP contribution in [0, 0.1) is 0 Å². The standard InChI is InChI=1S/C13H17.2C2H4O2.ClH.Ti/c1-3-7-12-10(5-1)9-11-6-2-4-8-13(11)12;2*1-2(3)4;;/h9H,1-8H2;2*1H3,(H,3,4);1H;/q;;;;+3/p-3. The smallest absolute Gasteiger partial charge is 1.00 e. The summed E-state index contributed by atoms with van der Waals surface area (Å²) in [5.41, 5.74) is 5.93. The SMILES string of the molecule is CC(=O)[O][Ti+]([O]C(C)=O)[CH]1C2=C(CCCC2)C2=C1CCCC2.[Cl-]. The van der Waals surface area contributed by atoms with E-state index < -0.39 is 18.6 Å². The van der Waals surface area contributed by atoms with Crippen LogP contribution in [0.1, 0.15) is 65.2 Å². The van der Waals surface area contributed by atoms with Crippen molar-refractivity contribution >= 4 is 11.9 Å². The molecule has 0 fully saturated rings. The zero-order chi connectivity index (χ0) is 15.7. The molecule has 3 aliphatic rings. The van der Waals surface area contributed by atoms with Crippen LogP contribution < -0.4 is 12.4 Å². The number of carbonyl (C=O) groups excluding carboxylic acids is 2. The molecule has 0 saturated heterocycles. The summed E-state index contributed by atoms with van der Waals surface area (Å²) in [6.07, 6.45) is 9.34. The van der Waals surface area contributed by atoms with E-state index in [-0.39, 0.29) is 28.6 Å². The molecule has 0 spiro atoms. The molecule has 0 bridgehead atoms. The summed E-state index contributed by atoms with van der Waals surface area (Å²) in [5.74, 6) is -0.641. The zero-order valence-electron chi connectivity index (χ0n) is 13.7. The molecule has 3 aliphatic carbocycles. The maximum atomic E-state index is 11.5. The van der Waals surface area contributed by atoms with Crippen molar-refractivity contribution in [3.8, 4) is 0 Å². The molecule has 6 heteroatoms. The summed E-state index contributed by atoms with van der Waals surface area (Å²) < 4.78 is 11.3. The molecule has 0 aromatic heterocycles. The Morgan fingerprint density at radius 1 is 0.826 bits per heavy atom. The Hall–Kier alpha value is -0.576. The molecule has 4 nitrogen and oxygen atoms in total. The van der Waals surface area contributed by atoms with Gasteiger partial charge in [0.1, 0.15) is 0 Å². The summed E-state index contributed by atoms with van der Waals surface area (Å²) >= 11 is -2.73. The molecular formula is C17H23ClO4Ti. The normalized spacial score (nSPS) is 20.4. The average molecular weight is 375 g/mol. The van der Waals surface area contributed by atoms with Crippen molar-refractivity contribution in [2.45, 2.75) is 69.4 Å². The van der Waals surface area contributed by atoms with E-state index in [4.69, 9.17) is 6.64 Å². The van der Waals surface area contributed by atoms with Crippen LogP contribution in [-0.2, 0) is 34.9 Å². The topological polar surface area (TPSA) is 52.6 Å². The van der Waals surface area contributed by atoms with Gasteiger partial charge < -0.3 is 12.4 Å². The van der Waals surface area contributed by atoms with Gasteiger partial charge in [0.15, 0.2) is 0 Å². The van der Waals surface area contributed by atoms with Gasteiger partial charge in [0.05, 0.1) is 0 Å². The first-order chi connectivity index (χ1) is 10.6. The molecule has 0 aromatic rings. The van der Waals surface area contributed by atoms with E-state index in [1.807, 2.05) is 0 Å². The molecule has 23 heavy (non-hydrogen) atoms. The van der Waals surface area contributed by atoms with Crippen LogP contribution in [0.15, 0.2) is 22.3 Å². The second kappa shape index (κ2) is 8.00. The Bertz CT molecular complexity index is 519. The van der Waals surface area contributed by atoms with Crippen LogP contribution in [0.3, 0.4) is 0 Å². The fourth-order valence-electron chi connectivity index (χ4n) is 4.10. The number of hydrogen-bond acceptors (Lipinski definition) is 4. The summed E-state index contributed by atoms with van der Waals surface area (Å²) in [5, 5.41) is 0. The van der Waals surface area contributed by atoms with Gasteiger partial charge in [-0.3, -0.25) is 0 Å². The average Bonchev–Trinajstić information content (AvgIpc) is 2.80. The van der Waals surface area contributed by atoms with E-state index in [0.717, 1.165) is 25.7 Å². The monoisotopic (exact) mass is 374 g/mol. The Morgan fingerprint density at radius 2 is 1.22 bits per heavy atom. The minimum absolute atomic E-state index is 0. The van der Waals surface area contributed by atoms with Gasteiger partial charge in [-0.25, -0.2) is 0 Å². The molecule has 0 heterocycles. The van der Waals surface area contributed by atoms with E-state index in [1.54, 1.807) is 0 Å². The number of fused-ring (bicyclic) bond motifs is 1. The predicted molar refractivity (Wildman–Crippen MR) is 78.3 cm³/mol. The van der Waals surface area contributed by atoms with Gasteiger partial charge in [-0.1, -0.05) is 0 Å². The van der Waals surface area contributed by atoms with Crippen LogP contribution in [0.4, 0.5) is 0 Å². The quantitative estimate of drug-likeness (QED) is 0.695. The van der Waals surface area contributed by atoms with E-state index >= 15 is 0 Å². The van der Waals surface area contributed by atoms with Gasteiger partial charge >= 0.3 is 139 Å². The van der Waals surface area contributed by atoms with Crippen LogP contribution in [0.25, 0.3) is 0 Å². The second-order valence-electron chi connectivity index (χ2n) is 6.36. The van der Waals surface area contributed by atoms with Crippen molar-refractivity contribution < 1.29 is 47.3 Å². The molecule has 0 radical (unpaired) electrons. The van der Waals surface area contributed by atoms with E-state index in [2.05, 4.69) is 0 Å². The summed E-state index contributed by atoms with van der Waals surface area (Å²) in [6.45, 7) is 2.83. The van der Waals surface area contributed by atoms with Crippen LogP contribution in [0.5, 0.6) is 0 Å². The largest absolute Gasteiger partial charge is 1.00 e. The number of allylic oxidation sites excluding steroid dienone is 4.